The van der Waals surface area contributed by atoms with Gasteiger partial charge in [0.2, 0.25) is 0 Å². The van der Waals surface area contributed by atoms with Gasteiger partial charge in [-0.15, -0.1) is 0 Å². The topological polar surface area (TPSA) is 48.3 Å². The fraction of sp³-hybridized carbons (Fsp3) is 0.929. The summed E-state index contributed by atoms with van der Waals surface area (Å²) in [6.45, 7) is 7.90. The predicted octanol–water partition coefficient (Wildman–Crippen LogP) is 1.52. The van der Waals surface area contributed by atoms with Crippen LogP contribution in [0.2, 0.25) is 0 Å². The lowest BCUT2D eigenvalue weighted by molar-refractivity contribution is -0.0295. The second-order valence-corrected chi connectivity index (χ2v) is 5.50. The van der Waals surface area contributed by atoms with Crippen molar-refractivity contribution in [3.63, 3.8) is 0 Å². The van der Waals surface area contributed by atoms with Crippen molar-refractivity contribution in [2.75, 3.05) is 26.3 Å². The summed E-state index contributed by atoms with van der Waals surface area (Å²) >= 11 is 0. The monoisotopic (exact) mass is 251 g/mol. The van der Waals surface area contributed by atoms with Gasteiger partial charge >= 0.3 is 0 Å². The van der Waals surface area contributed by atoms with Crippen LogP contribution >= 0.6 is 0 Å². The summed E-state index contributed by atoms with van der Waals surface area (Å²) in [7, 11) is 0. The van der Waals surface area contributed by atoms with Gasteiger partial charge in [-0.05, 0) is 32.2 Å². The number of hydrogen-bond donors (Lipinski definition) is 1. The Hall–Kier alpha value is -0.630. The molecule has 0 radical (unpaired) electrons. The third-order valence-electron chi connectivity index (χ3n) is 4.43. The lowest BCUT2D eigenvalue weighted by Gasteiger charge is -2.39. The molecule has 4 heteroatoms. The van der Waals surface area contributed by atoms with E-state index < -0.39 is 0 Å². The summed E-state index contributed by atoms with van der Waals surface area (Å²) < 4.78 is 5.57. The molecule has 0 amide bonds. The zero-order valence-electron chi connectivity index (χ0n) is 11.6. The Bertz CT molecular complexity index is 315. The van der Waals surface area contributed by atoms with Gasteiger partial charge in [-0.25, -0.2) is 0 Å². The Morgan fingerprint density at radius 3 is 3.00 bits per heavy atom. The lowest BCUT2D eigenvalue weighted by atomic mass is 9.98. The van der Waals surface area contributed by atoms with Gasteiger partial charge in [0, 0.05) is 18.6 Å². The Labute approximate surface area is 110 Å². The van der Waals surface area contributed by atoms with E-state index in [9.17, 15) is 5.26 Å². The van der Waals surface area contributed by atoms with Crippen LogP contribution in [0.5, 0.6) is 0 Å². The summed E-state index contributed by atoms with van der Waals surface area (Å²) in [5.74, 6) is 0. The van der Waals surface area contributed by atoms with Crippen molar-refractivity contribution in [3.05, 3.63) is 0 Å². The van der Waals surface area contributed by atoms with Crippen molar-refractivity contribution < 1.29 is 4.74 Å². The van der Waals surface area contributed by atoms with Crippen molar-refractivity contribution in [2.24, 2.45) is 0 Å². The highest BCUT2D eigenvalue weighted by atomic mass is 16.5. The van der Waals surface area contributed by atoms with E-state index in [1.54, 1.807) is 0 Å². The third-order valence-corrected chi connectivity index (χ3v) is 4.43. The van der Waals surface area contributed by atoms with Crippen LogP contribution in [-0.2, 0) is 4.74 Å². The van der Waals surface area contributed by atoms with E-state index in [1.807, 2.05) is 0 Å². The molecule has 0 aromatic heterocycles. The first-order chi connectivity index (χ1) is 8.74. The maximum absolute atomic E-state index is 9.43. The molecule has 1 heterocycles. The van der Waals surface area contributed by atoms with E-state index in [2.05, 4.69) is 30.1 Å². The first-order valence-corrected chi connectivity index (χ1v) is 7.24. The summed E-state index contributed by atoms with van der Waals surface area (Å²) in [6.07, 6.45) is 4.22. The molecule has 2 fully saturated rings. The average Bonchev–Trinajstić information content (AvgIpc) is 2.84. The molecular formula is C14H25N3O. The van der Waals surface area contributed by atoms with Crippen molar-refractivity contribution in [1.29, 1.82) is 5.26 Å². The summed E-state index contributed by atoms with van der Waals surface area (Å²) in [4.78, 5) is 2.58. The highest BCUT2D eigenvalue weighted by molar-refractivity contribution is 5.13. The summed E-state index contributed by atoms with van der Waals surface area (Å²) in [5, 5.41) is 12.8. The van der Waals surface area contributed by atoms with Gasteiger partial charge in [0.1, 0.15) is 5.54 Å². The third kappa shape index (κ3) is 2.69. The molecule has 1 aliphatic carbocycles. The summed E-state index contributed by atoms with van der Waals surface area (Å²) in [6, 6.07) is 3.61. The van der Waals surface area contributed by atoms with E-state index in [1.165, 1.54) is 0 Å². The van der Waals surface area contributed by atoms with Gasteiger partial charge in [0.15, 0.2) is 0 Å². The van der Waals surface area contributed by atoms with Crippen LogP contribution in [0, 0.1) is 11.3 Å². The fourth-order valence-electron chi connectivity index (χ4n) is 3.44. The first kappa shape index (κ1) is 13.8. The molecule has 0 spiro atoms. The molecule has 3 unspecified atom stereocenters. The molecule has 18 heavy (non-hydrogen) atoms. The molecule has 2 aliphatic rings. The highest BCUT2D eigenvalue weighted by Crippen LogP contribution is 2.34. The number of hydrogen-bond acceptors (Lipinski definition) is 4. The number of ether oxygens (including phenoxy) is 1. The fourth-order valence-corrected chi connectivity index (χ4v) is 3.44. The Kier molecular flexibility index (Phi) is 4.60. The van der Waals surface area contributed by atoms with E-state index in [0.29, 0.717) is 12.1 Å². The number of nitrogens with zero attached hydrogens (tertiary/aromatic N) is 2. The maximum Gasteiger partial charge on any atom is 0.108 e. The SMILES string of the molecule is CCNC1(C#N)CCC(N2CCOCC2CC)C1. The predicted molar refractivity (Wildman–Crippen MR) is 71.3 cm³/mol. The second-order valence-electron chi connectivity index (χ2n) is 5.50. The van der Waals surface area contributed by atoms with Crippen LogP contribution in [0.25, 0.3) is 0 Å². The Balaban J connectivity index is 2.00. The van der Waals surface area contributed by atoms with Crippen molar-refractivity contribution >= 4 is 0 Å². The van der Waals surface area contributed by atoms with Crippen molar-refractivity contribution in [1.82, 2.24) is 10.2 Å². The molecule has 3 atom stereocenters. The molecule has 1 saturated carbocycles. The largest absolute Gasteiger partial charge is 0.378 e. The molecular weight excluding hydrogens is 226 g/mol. The molecule has 0 bridgehead atoms. The minimum absolute atomic E-state index is 0.282. The van der Waals surface area contributed by atoms with E-state index in [0.717, 1.165) is 52.0 Å². The van der Waals surface area contributed by atoms with Gasteiger partial charge in [-0.3, -0.25) is 10.2 Å². The number of nitrogens with one attached hydrogen (secondary N) is 1. The molecule has 102 valence electrons. The highest BCUT2D eigenvalue weighted by Gasteiger charge is 2.42. The zero-order chi connectivity index (χ0) is 13.0. The minimum atomic E-state index is -0.282. The maximum atomic E-state index is 9.43. The van der Waals surface area contributed by atoms with Crippen LogP contribution in [0.1, 0.15) is 39.5 Å². The zero-order valence-corrected chi connectivity index (χ0v) is 11.6. The van der Waals surface area contributed by atoms with Crippen LogP contribution in [0.4, 0.5) is 0 Å². The molecule has 4 nitrogen and oxygen atoms in total. The minimum Gasteiger partial charge on any atom is -0.378 e. The van der Waals surface area contributed by atoms with E-state index in [-0.39, 0.29) is 5.54 Å². The number of nitriles is 1. The van der Waals surface area contributed by atoms with Crippen molar-refractivity contribution in [3.8, 4) is 6.07 Å². The van der Waals surface area contributed by atoms with Gasteiger partial charge in [-0.1, -0.05) is 13.8 Å². The van der Waals surface area contributed by atoms with E-state index >= 15 is 0 Å². The van der Waals surface area contributed by atoms with Gasteiger partial charge in [-0.2, -0.15) is 5.26 Å². The second kappa shape index (κ2) is 6.01. The van der Waals surface area contributed by atoms with Gasteiger partial charge in [0.25, 0.3) is 0 Å². The Morgan fingerprint density at radius 1 is 1.50 bits per heavy atom. The molecule has 1 N–H and O–H groups in total. The Morgan fingerprint density at radius 2 is 2.33 bits per heavy atom. The van der Waals surface area contributed by atoms with Crippen LogP contribution in [0.3, 0.4) is 0 Å². The van der Waals surface area contributed by atoms with E-state index in [4.69, 9.17) is 4.74 Å². The molecule has 1 saturated heterocycles. The van der Waals surface area contributed by atoms with Gasteiger partial charge < -0.3 is 4.74 Å². The van der Waals surface area contributed by atoms with Gasteiger partial charge in [0.05, 0.1) is 19.3 Å². The van der Waals surface area contributed by atoms with Crippen LogP contribution < -0.4 is 5.32 Å². The van der Waals surface area contributed by atoms with Crippen molar-refractivity contribution in [2.45, 2.75) is 57.2 Å². The number of rotatable bonds is 4. The number of morpholine rings is 1. The normalized spacial score (nSPS) is 37.6. The molecule has 1 aliphatic heterocycles. The molecule has 2 rings (SSSR count). The standard InChI is InChI=1S/C14H25N3O/c1-3-12-10-18-8-7-17(12)13-5-6-14(9-13,11-15)16-4-2/h12-13,16H,3-10H2,1-2H3. The molecule has 0 aromatic rings. The molecule has 0 aromatic carbocycles. The van der Waals surface area contributed by atoms with Crippen LogP contribution in [-0.4, -0.2) is 48.8 Å². The first-order valence-electron chi connectivity index (χ1n) is 7.24. The smallest absolute Gasteiger partial charge is 0.108 e. The lowest BCUT2D eigenvalue weighted by Crippen LogP contribution is -2.51. The quantitative estimate of drug-likeness (QED) is 0.823. The van der Waals surface area contributed by atoms with Crippen LogP contribution in [0.15, 0.2) is 0 Å². The summed E-state index contributed by atoms with van der Waals surface area (Å²) in [5.41, 5.74) is -0.282. The average molecular weight is 251 g/mol.